The lowest BCUT2D eigenvalue weighted by molar-refractivity contribution is -0.302. The van der Waals surface area contributed by atoms with Crippen LogP contribution < -0.4 is 5.11 Å². The lowest BCUT2D eigenvalue weighted by Gasteiger charge is -2.18. The van der Waals surface area contributed by atoms with Gasteiger partial charge < -0.3 is 5.11 Å². The van der Waals surface area contributed by atoms with Gasteiger partial charge in [-0.3, -0.25) is 0 Å². The lowest BCUT2D eigenvalue weighted by atomic mass is 9.87. The smallest absolute Gasteiger partial charge is 0.0132 e. The van der Waals surface area contributed by atoms with E-state index in [1.807, 2.05) is 18.2 Å². The summed E-state index contributed by atoms with van der Waals surface area (Å²) >= 11 is 0. The molecule has 0 saturated heterocycles. The molecule has 66 valence electrons. The highest BCUT2D eigenvalue weighted by atomic mass is 16.3. The Morgan fingerprint density at radius 2 is 1.83 bits per heavy atom. The van der Waals surface area contributed by atoms with Crippen LogP contribution in [-0.2, 0) is 0 Å². The Labute approximate surface area is 74.1 Å². The molecule has 0 bridgehead atoms. The molecule has 1 aliphatic rings. The quantitative estimate of drug-likeness (QED) is 0.502. The zero-order valence-corrected chi connectivity index (χ0v) is 8.14. The van der Waals surface area contributed by atoms with E-state index in [1.54, 1.807) is 6.92 Å². The molecule has 1 rings (SSSR count). The van der Waals surface area contributed by atoms with E-state index in [0.29, 0.717) is 0 Å². The van der Waals surface area contributed by atoms with Crippen molar-refractivity contribution in [1.82, 2.24) is 0 Å². The minimum absolute atomic E-state index is 0.144. The monoisotopic (exact) mass is 163 g/mol. The Morgan fingerprint density at radius 3 is 2.08 bits per heavy atom. The lowest BCUT2D eigenvalue weighted by Crippen LogP contribution is -2.06. The first-order valence-electron chi connectivity index (χ1n) is 4.19. The normalized spacial score (nSPS) is 21.2. The van der Waals surface area contributed by atoms with Crippen molar-refractivity contribution >= 4 is 0 Å². The van der Waals surface area contributed by atoms with Gasteiger partial charge in [0.05, 0.1) is 0 Å². The maximum absolute atomic E-state index is 11.0. The molecule has 0 heterocycles. The van der Waals surface area contributed by atoms with Gasteiger partial charge in [0.15, 0.2) is 0 Å². The first kappa shape index (κ1) is 9.11. The highest BCUT2D eigenvalue weighted by Crippen LogP contribution is 2.31. The average molecular weight is 163 g/mol. The summed E-state index contributed by atoms with van der Waals surface area (Å²) in [6.07, 6.45) is 5.89. The second-order valence-electron chi connectivity index (χ2n) is 4.19. The second-order valence-corrected chi connectivity index (χ2v) is 4.19. The number of hydrogen-bond donors (Lipinski definition) is 0. The predicted molar refractivity (Wildman–Crippen MR) is 49.4 cm³/mol. The van der Waals surface area contributed by atoms with Gasteiger partial charge in [0, 0.05) is 0 Å². The molecule has 0 unspecified atom stereocenters. The highest BCUT2D eigenvalue weighted by Gasteiger charge is 2.17. The topological polar surface area (TPSA) is 23.1 Å². The van der Waals surface area contributed by atoms with E-state index >= 15 is 0 Å². The van der Waals surface area contributed by atoms with E-state index in [4.69, 9.17) is 0 Å². The van der Waals surface area contributed by atoms with Crippen LogP contribution in [0.3, 0.4) is 0 Å². The summed E-state index contributed by atoms with van der Waals surface area (Å²) < 4.78 is 0. The summed E-state index contributed by atoms with van der Waals surface area (Å²) in [5, 5.41) is 11.0. The molecule has 1 heteroatoms. The van der Waals surface area contributed by atoms with Gasteiger partial charge >= 0.3 is 0 Å². The fourth-order valence-electron chi connectivity index (χ4n) is 1.13. The van der Waals surface area contributed by atoms with Gasteiger partial charge in [-0.2, -0.15) is 0 Å². The molecule has 0 aromatic carbocycles. The van der Waals surface area contributed by atoms with E-state index in [0.717, 1.165) is 5.57 Å². The number of allylic oxidation sites excluding steroid dienone is 6. The third kappa shape index (κ3) is 1.79. The van der Waals surface area contributed by atoms with Crippen LogP contribution in [0.15, 0.2) is 35.1 Å². The van der Waals surface area contributed by atoms with Gasteiger partial charge in [-0.1, -0.05) is 45.9 Å². The van der Waals surface area contributed by atoms with Crippen molar-refractivity contribution in [2.24, 2.45) is 5.41 Å². The van der Waals surface area contributed by atoms with Crippen LogP contribution in [0.2, 0.25) is 0 Å². The van der Waals surface area contributed by atoms with Gasteiger partial charge in [0.25, 0.3) is 0 Å². The second kappa shape index (κ2) is 2.81. The number of hydrogen-bond acceptors (Lipinski definition) is 1. The van der Waals surface area contributed by atoms with E-state index in [1.165, 1.54) is 5.57 Å². The van der Waals surface area contributed by atoms with Crippen LogP contribution in [0.1, 0.15) is 27.7 Å². The number of rotatable bonds is 0. The van der Waals surface area contributed by atoms with Crippen LogP contribution in [-0.4, -0.2) is 0 Å². The molecule has 1 nitrogen and oxygen atoms in total. The van der Waals surface area contributed by atoms with Crippen molar-refractivity contribution < 1.29 is 5.11 Å². The van der Waals surface area contributed by atoms with Gasteiger partial charge in [0.2, 0.25) is 0 Å². The molecule has 0 atom stereocenters. The zero-order valence-electron chi connectivity index (χ0n) is 8.14. The highest BCUT2D eigenvalue weighted by molar-refractivity contribution is 5.48. The van der Waals surface area contributed by atoms with Crippen LogP contribution >= 0.6 is 0 Å². The predicted octanol–water partition coefficient (Wildman–Crippen LogP) is 2.16. The van der Waals surface area contributed by atoms with Crippen LogP contribution in [0.4, 0.5) is 0 Å². The standard InChI is InChI=1S/C11H16O/c1-8(12)9-5-6-10(7-9)11(2,3)4/h5-7,12H,1-4H3/p-1. The van der Waals surface area contributed by atoms with Gasteiger partial charge in [-0.25, -0.2) is 0 Å². The molecular formula is C11H15O-. The first-order chi connectivity index (χ1) is 5.41. The fraction of sp³-hybridized carbons (Fsp3) is 0.455. The maximum atomic E-state index is 11.0. The van der Waals surface area contributed by atoms with E-state index < -0.39 is 0 Å². The molecule has 0 aromatic rings. The van der Waals surface area contributed by atoms with Gasteiger partial charge in [0.1, 0.15) is 0 Å². The molecule has 0 amide bonds. The third-order valence-corrected chi connectivity index (χ3v) is 2.03. The van der Waals surface area contributed by atoms with Crippen LogP contribution in [0.25, 0.3) is 0 Å². The Bertz CT molecular complexity index is 268. The summed E-state index contributed by atoms with van der Waals surface area (Å²) in [6, 6.07) is 0. The largest absolute Gasteiger partial charge is 0.875 e. The van der Waals surface area contributed by atoms with Gasteiger partial charge in [-0.15, -0.1) is 5.76 Å². The maximum Gasteiger partial charge on any atom is -0.0132 e. The molecule has 0 saturated carbocycles. The molecule has 0 fully saturated rings. The minimum atomic E-state index is 0.144. The van der Waals surface area contributed by atoms with Crippen molar-refractivity contribution in [3.63, 3.8) is 0 Å². The summed E-state index contributed by atoms with van der Waals surface area (Å²) in [5.74, 6) is 0.144. The zero-order chi connectivity index (χ0) is 9.35. The Kier molecular flexibility index (Phi) is 2.14. The Morgan fingerprint density at radius 1 is 1.25 bits per heavy atom. The van der Waals surface area contributed by atoms with Crippen molar-refractivity contribution in [3.8, 4) is 0 Å². The summed E-state index contributed by atoms with van der Waals surface area (Å²) in [6.45, 7) is 8.03. The molecule has 0 spiro atoms. The Hall–Kier alpha value is -0.980. The van der Waals surface area contributed by atoms with Crippen molar-refractivity contribution in [1.29, 1.82) is 0 Å². The third-order valence-electron chi connectivity index (χ3n) is 2.03. The molecule has 12 heavy (non-hydrogen) atoms. The van der Waals surface area contributed by atoms with Crippen molar-refractivity contribution in [2.45, 2.75) is 27.7 Å². The van der Waals surface area contributed by atoms with E-state index in [-0.39, 0.29) is 11.2 Å². The SMILES string of the molecule is CC([O-])=C1C=CC(C(C)(C)C)=C1. The summed E-state index contributed by atoms with van der Waals surface area (Å²) in [7, 11) is 0. The Balaban J connectivity index is 2.97. The fourth-order valence-corrected chi connectivity index (χ4v) is 1.13. The van der Waals surface area contributed by atoms with Crippen molar-refractivity contribution in [2.75, 3.05) is 0 Å². The molecule has 0 aliphatic heterocycles. The van der Waals surface area contributed by atoms with Crippen LogP contribution in [0.5, 0.6) is 0 Å². The first-order valence-corrected chi connectivity index (χ1v) is 4.19. The van der Waals surface area contributed by atoms with E-state index in [9.17, 15) is 5.11 Å². The molecule has 0 N–H and O–H groups in total. The van der Waals surface area contributed by atoms with E-state index in [2.05, 4.69) is 20.8 Å². The summed E-state index contributed by atoms with van der Waals surface area (Å²) in [4.78, 5) is 0. The summed E-state index contributed by atoms with van der Waals surface area (Å²) in [5.41, 5.74) is 2.20. The molecule has 0 aromatic heterocycles. The average Bonchev–Trinajstić information content (AvgIpc) is 2.30. The minimum Gasteiger partial charge on any atom is -0.875 e. The van der Waals surface area contributed by atoms with Gasteiger partial charge in [-0.05, 0) is 16.6 Å². The van der Waals surface area contributed by atoms with Crippen molar-refractivity contribution in [3.05, 3.63) is 35.1 Å². The molecule has 0 radical (unpaired) electrons. The van der Waals surface area contributed by atoms with Crippen LogP contribution in [0, 0.1) is 5.41 Å². The molecular weight excluding hydrogens is 148 g/mol. The molecule has 1 aliphatic carbocycles.